The Bertz CT molecular complexity index is 885. The van der Waals surface area contributed by atoms with Gasteiger partial charge in [0.25, 0.3) is 0 Å². The number of rotatable bonds is 10. The van der Waals surface area contributed by atoms with Crippen molar-refractivity contribution >= 4 is 23.5 Å². The highest BCUT2D eigenvalue weighted by molar-refractivity contribution is 7.99. The van der Waals surface area contributed by atoms with Crippen LogP contribution < -0.4 is 10.6 Å². The van der Waals surface area contributed by atoms with E-state index < -0.39 is 0 Å². The predicted molar refractivity (Wildman–Crippen MR) is 112 cm³/mol. The molecule has 0 aliphatic heterocycles. The van der Waals surface area contributed by atoms with E-state index in [4.69, 9.17) is 9.15 Å². The summed E-state index contributed by atoms with van der Waals surface area (Å²) in [5.41, 5.74) is 1.67. The first-order valence-corrected chi connectivity index (χ1v) is 10.3. The molecule has 1 aromatic heterocycles. The van der Waals surface area contributed by atoms with Crippen molar-refractivity contribution < 1.29 is 18.3 Å². The van der Waals surface area contributed by atoms with Gasteiger partial charge in [0.1, 0.15) is 18.2 Å². The van der Waals surface area contributed by atoms with Crippen molar-refractivity contribution in [3.63, 3.8) is 0 Å². The van der Waals surface area contributed by atoms with Gasteiger partial charge in [-0.15, -0.1) is 11.8 Å². The lowest BCUT2D eigenvalue weighted by Crippen LogP contribution is -2.29. The highest BCUT2D eigenvalue weighted by atomic mass is 32.2. The predicted octanol–water partition coefficient (Wildman–Crippen LogP) is 5.44. The molecule has 152 valence electrons. The summed E-state index contributed by atoms with van der Waals surface area (Å²) >= 11 is 1.63. The smallest absolute Gasteiger partial charge is 0.319 e. The van der Waals surface area contributed by atoms with Crippen molar-refractivity contribution in [3.05, 3.63) is 84.1 Å². The molecular weight excluding hydrogens is 391 g/mol. The third-order valence-corrected chi connectivity index (χ3v) is 5.07. The summed E-state index contributed by atoms with van der Waals surface area (Å²) in [5, 5.41) is 5.67. The number of ether oxygens (including phenoxy) is 1. The number of amides is 2. The number of hydrogen-bond acceptors (Lipinski definition) is 4. The SMILES string of the molecule is O=C(NCCCSc1ccc(F)cc1)Nc1cccc(COCc2ccco2)c1. The highest BCUT2D eigenvalue weighted by Crippen LogP contribution is 2.18. The van der Waals surface area contributed by atoms with E-state index in [1.54, 1.807) is 30.2 Å². The summed E-state index contributed by atoms with van der Waals surface area (Å²) < 4.78 is 23.7. The molecule has 29 heavy (non-hydrogen) atoms. The molecule has 0 bridgehead atoms. The summed E-state index contributed by atoms with van der Waals surface area (Å²) in [5.74, 6) is 1.38. The zero-order chi connectivity index (χ0) is 20.3. The number of carbonyl (C=O) groups is 1. The van der Waals surface area contributed by atoms with Crippen LogP contribution in [0.25, 0.3) is 0 Å². The molecule has 0 fully saturated rings. The molecular formula is C22H23FN2O3S. The van der Waals surface area contributed by atoms with Crippen LogP contribution in [-0.2, 0) is 18.0 Å². The quantitative estimate of drug-likeness (QED) is 0.343. The number of thioether (sulfide) groups is 1. The van der Waals surface area contributed by atoms with Crippen molar-refractivity contribution in [2.24, 2.45) is 0 Å². The Labute approximate surface area is 173 Å². The van der Waals surface area contributed by atoms with Crippen molar-refractivity contribution in [2.45, 2.75) is 24.5 Å². The van der Waals surface area contributed by atoms with E-state index in [9.17, 15) is 9.18 Å². The number of furan rings is 1. The molecule has 2 N–H and O–H groups in total. The molecule has 1 heterocycles. The minimum atomic E-state index is -0.245. The van der Waals surface area contributed by atoms with Gasteiger partial charge in [0.05, 0.1) is 12.9 Å². The average Bonchev–Trinajstić information content (AvgIpc) is 3.23. The Balaban J connectivity index is 1.32. The second kappa shape index (κ2) is 11.3. The first kappa shape index (κ1) is 21.0. The third kappa shape index (κ3) is 7.63. The van der Waals surface area contributed by atoms with Crippen LogP contribution in [0, 0.1) is 5.82 Å². The van der Waals surface area contributed by atoms with Crippen LogP contribution in [0.2, 0.25) is 0 Å². The van der Waals surface area contributed by atoms with Gasteiger partial charge < -0.3 is 19.8 Å². The summed E-state index contributed by atoms with van der Waals surface area (Å²) in [6.07, 6.45) is 2.43. The van der Waals surface area contributed by atoms with E-state index in [1.165, 1.54) is 12.1 Å². The Morgan fingerprint density at radius 1 is 1.07 bits per heavy atom. The molecule has 5 nitrogen and oxygen atoms in total. The number of halogens is 1. The van der Waals surface area contributed by atoms with Crippen LogP contribution in [0.1, 0.15) is 17.7 Å². The van der Waals surface area contributed by atoms with Crippen LogP contribution in [0.15, 0.2) is 76.2 Å². The van der Waals surface area contributed by atoms with Gasteiger partial charge in [0.15, 0.2) is 0 Å². The Kier molecular flexibility index (Phi) is 8.15. The fourth-order valence-electron chi connectivity index (χ4n) is 2.57. The van der Waals surface area contributed by atoms with Gasteiger partial charge in [0, 0.05) is 17.1 Å². The van der Waals surface area contributed by atoms with Crippen LogP contribution in [0.4, 0.5) is 14.9 Å². The molecule has 3 rings (SSSR count). The third-order valence-electron chi connectivity index (χ3n) is 3.97. The van der Waals surface area contributed by atoms with Gasteiger partial charge in [0.2, 0.25) is 0 Å². The lowest BCUT2D eigenvalue weighted by molar-refractivity contribution is 0.0930. The van der Waals surface area contributed by atoms with E-state index in [0.717, 1.165) is 28.4 Å². The molecule has 0 radical (unpaired) electrons. The lowest BCUT2D eigenvalue weighted by Gasteiger charge is -2.09. The van der Waals surface area contributed by atoms with Crippen LogP contribution in [-0.4, -0.2) is 18.3 Å². The fraction of sp³-hybridized carbons (Fsp3) is 0.227. The number of carbonyl (C=O) groups excluding carboxylic acids is 1. The van der Waals surface area contributed by atoms with Crippen molar-refractivity contribution in [3.8, 4) is 0 Å². The summed E-state index contributed by atoms with van der Waals surface area (Å²) in [4.78, 5) is 13.1. The zero-order valence-corrected chi connectivity index (χ0v) is 16.7. The fourth-order valence-corrected chi connectivity index (χ4v) is 3.43. The molecule has 2 aromatic carbocycles. The highest BCUT2D eigenvalue weighted by Gasteiger charge is 2.03. The lowest BCUT2D eigenvalue weighted by atomic mass is 10.2. The van der Waals surface area contributed by atoms with Crippen molar-refractivity contribution in [2.75, 3.05) is 17.6 Å². The Morgan fingerprint density at radius 2 is 1.93 bits per heavy atom. The maximum atomic E-state index is 12.9. The number of benzene rings is 2. The molecule has 0 saturated carbocycles. The molecule has 0 atom stereocenters. The van der Waals surface area contributed by atoms with Gasteiger partial charge in [-0.1, -0.05) is 12.1 Å². The molecule has 0 saturated heterocycles. The number of hydrogen-bond donors (Lipinski definition) is 2. The monoisotopic (exact) mass is 414 g/mol. The normalized spacial score (nSPS) is 10.7. The minimum Gasteiger partial charge on any atom is -0.467 e. The molecule has 0 aliphatic rings. The summed E-state index contributed by atoms with van der Waals surface area (Å²) in [7, 11) is 0. The Morgan fingerprint density at radius 3 is 2.72 bits per heavy atom. The largest absolute Gasteiger partial charge is 0.467 e. The van der Waals surface area contributed by atoms with Gasteiger partial charge >= 0.3 is 6.03 Å². The second-order valence-electron chi connectivity index (χ2n) is 6.31. The Hall–Kier alpha value is -2.77. The van der Waals surface area contributed by atoms with Crippen molar-refractivity contribution in [1.29, 1.82) is 0 Å². The molecule has 0 unspecified atom stereocenters. The van der Waals surface area contributed by atoms with Crippen molar-refractivity contribution in [1.82, 2.24) is 5.32 Å². The molecule has 2 amide bonds. The van der Waals surface area contributed by atoms with Gasteiger partial charge in [-0.05, 0) is 66.3 Å². The zero-order valence-electron chi connectivity index (χ0n) is 15.9. The van der Waals surface area contributed by atoms with E-state index in [1.807, 2.05) is 36.4 Å². The standard InChI is InChI=1S/C22H23FN2O3S/c23-18-7-9-21(10-8-18)29-13-3-11-24-22(26)25-19-5-1-4-17(14-19)15-27-16-20-6-2-12-28-20/h1-2,4-10,12,14H,3,11,13,15-16H2,(H2,24,25,26). The van der Waals surface area contributed by atoms with Gasteiger partial charge in [-0.25, -0.2) is 9.18 Å². The van der Waals surface area contributed by atoms with Crippen LogP contribution >= 0.6 is 11.8 Å². The van der Waals surface area contributed by atoms with Gasteiger partial charge in [-0.2, -0.15) is 0 Å². The average molecular weight is 415 g/mol. The van der Waals surface area contributed by atoms with E-state index in [-0.39, 0.29) is 11.8 Å². The van der Waals surface area contributed by atoms with Crippen LogP contribution in [0.3, 0.4) is 0 Å². The molecule has 0 aliphatic carbocycles. The first-order valence-electron chi connectivity index (χ1n) is 9.31. The van der Waals surface area contributed by atoms with E-state index in [0.29, 0.717) is 25.4 Å². The number of anilines is 1. The maximum absolute atomic E-state index is 12.9. The summed E-state index contributed by atoms with van der Waals surface area (Å²) in [6, 6.07) is 17.4. The number of nitrogens with one attached hydrogen (secondary N) is 2. The maximum Gasteiger partial charge on any atom is 0.319 e. The van der Waals surface area contributed by atoms with E-state index in [2.05, 4.69) is 10.6 Å². The summed E-state index contributed by atoms with van der Waals surface area (Å²) in [6.45, 7) is 1.39. The van der Waals surface area contributed by atoms with E-state index >= 15 is 0 Å². The first-order chi connectivity index (χ1) is 14.2. The topological polar surface area (TPSA) is 63.5 Å². The molecule has 0 spiro atoms. The minimum absolute atomic E-state index is 0.235. The van der Waals surface area contributed by atoms with Crippen LogP contribution in [0.5, 0.6) is 0 Å². The molecule has 3 aromatic rings. The van der Waals surface area contributed by atoms with Gasteiger partial charge in [-0.3, -0.25) is 0 Å². The molecule has 7 heteroatoms. The number of urea groups is 1. The second-order valence-corrected chi connectivity index (χ2v) is 7.48.